The van der Waals surface area contributed by atoms with Crippen molar-refractivity contribution in [3.8, 4) is 0 Å². The van der Waals surface area contributed by atoms with Gasteiger partial charge in [-0.2, -0.15) is 0 Å². The number of allylic oxidation sites excluding steroid dienone is 3. The van der Waals surface area contributed by atoms with E-state index in [0.29, 0.717) is 12.3 Å². The monoisotopic (exact) mass is 260 g/mol. The van der Waals surface area contributed by atoms with Crippen LogP contribution in [-0.4, -0.2) is 17.9 Å². The molecule has 1 heterocycles. The molecule has 1 saturated heterocycles. The third-order valence-corrected chi connectivity index (χ3v) is 4.89. The zero-order valence-corrected chi connectivity index (χ0v) is 11.4. The van der Waals surface area contributed by atoms with Crippen molar-refractivity contribution in [3.05, 3.63) is 23.8 Å². The highest BCUT2D eigenvalue weighted by molar-refractivity contribution is 5.97. The normalized spacial score (nSPS) is 38.5. The van der Waals surface area contributed by atoms with E-state index in [0.717, 1.165) is 37.7 Å². The summed E-state index contributed by atoms with van der Waals surface area (Å²) in [6.45, 7) is 2.00. The standard InChI is InChI=1S/C16H20O3/c1-16-9-5-4-6-11(16)10-14(19-15(16)18)12-7-2-3-8-13(12)17/h4-5,7,11,14H,2-3,6,8-10H2,1H3/t11-,14+,16+/m0/s1. The second kappa shape index (κ2) is 4.62. The van der Waals surface area contributed by atoms with Gasteiger partial charge in [-0.3, -0.25) is 9.59 Å². The minimum Gasteiger partial charge on any atom is -0.457 e. The van der Waals surface area contributed by atoms with E-state index >= 15 is 0 Å². The molecule has 0 spiro atoms. The van der Waals surface area contributed by atoms with Crippen LogP contribution in [0.2, 0.25) is 0 Å². The summed E-state index contributed by atoms with van der Waals surface area (Å²) < 4.78 is 5.61. The van der Waals surface area contributed by atoms with Gasteiger partial charge in [0.2, 0.25) is 0 Å². The van der Waals surface area contributed by atoms with Crippen molar-refractivity contribution in [1.29, 1.82) is 0 Å². The number of ketones is 1. The molecule has 0 saturated carbocycles. The Morgan fingerprint density at radius 2 is 2.16 bits per heavy atom. The maximum Gasteiger partial charge on any atom is 0.313 e. The van der Waals surface area contributed by atoms with Gasteiger partial charge in [-0.15, -0.1) is 0 Å². The van der Waals surface area contributed by atoms with Crippen LogP contribution in [0.4, 0.5) is 0 Å². The molecule has 0 aromatic heterocycles. The highest BCUT2D eigenvalue weighted by atomic mass is 16.5. The van der Waals surface area contributed by atoms with Crippen LogP contribution in [-0.2, 0) is 14.3 Å². The quantitative estimate of drug-likeness (QED) is 0.538. The number of carbonyl (C=O) groups excluding carboxylic acids is 2. The SMILES string of the molecule is C[C@@]12CC=CC[C@H]1C[C@H](C1=CCCCC1=O)OC2=O. The second-order valence-corrected chi connectivity index (χ2v) is 6.13. The third-order valence-electron chi connectivity index (χ3n) is 4.89. The van der Waals surface area contributed by atoms with E-state index in [4.69, 9.17) is 4.74 Å². The molecular formula is C16H20O3. The number of hydrogen-bond donors (Lipinski definition) is 0. The van der Waals surface area contributed by atoms with Crippen LogP contribution in [0.15, 0.2) is 23.8 Å². The van der Waals surface area contributed by atoms with Gasteiger partial charge in [0, 0.05) is 12.0 Å². The zero-order valence-electron chi connectivity index (χ0n) is 11.4. The highest BCUT2D eigenvalue weighted by Gasteiger charge is 2.49. The molecule has 0 radical (unpaired) electrons. The number of Topliss-reactive ketones (excluding diaryl/α,β-unsaturated/α-hetero) is 1. The molecule has 2 aliphatic carbocycles. The number of ether oxygens (including phenoxy) is 1. The fraction of sp³-hybridized carbons (Fsp3) is 0.625. The molecule has 0 aromatic carbocycles. The minimum atomic E-state index is -0.385. The van der Waals surface area contributed by atoms with Gasteiger partial charge in [0.05, 0.1) is 5.41 Å². The van der Waals surface area contributed by atoms with Crippen LogP contribution >= 0.6 is 0 Å². The summed E-state index contributed by atoms with van der Waals surface area (Å²) in [7, 11) is 0. The highest BCUT2D eigenvalue weighted by Crippen LogP contribution is 2.46. The molecule has 0 unspecified atom stereocenters. The largest absolute Gasteiger partial charge is 0.457 e. The lowest BCUT2D eigenvalue weighted by molar-refractivity contribution is -0.173. The number of esters is 1. The summed E-state index contributed by atoms with van der Waals surface area (Å²) in [6, 6.07) is 0. The van der Waals surface area contributed by atoms with E-state index in [1.165, 1.54) is 0 Å². The first-order chi connectivity index (χ1) is 9.11. The molecule has 102 valence electrons. The average Bonchev–Trinajstić information content (AvgIpc) is 2.40. The molecule has 3 heteroatoms. The van der Waals surface area contributed by atoms with Crippen LogP contribution in [0, 0.1) is 11.3 Å². The van der Waals surface area contributed by atoms with Crippen LogP contribution in [0.1, 0.15) is 45.4 Å². The number of rotatable bonds is 1. The van der Waals surface area contributed by atoms with Crippen LogP contribution < -0.4 is 0 Å². The first kappa shape index (κ1) is 12.6. The van der Waals surface area contributed by atoms with Gasteiger partial charge in [-0.25, -0.2) is 0 Å². The fourth-order valence-electron chi connectivity index (χ4n) is 3.47. The molecule has 1 fully saturated rings. The Morgan fingerprint density at radius 1 is 1.32 bits per heavy atom. The predicted molar refractivity (Wildman–Crippen MR) is 71.4 cm³/mol. The summed E-state index contributed by atoms with van der Waals surface area (Å²) in [5.74, 6) is 0.343. The second-order valence-electron chi connectivity index (χ2n) is 6.13. The van der Waals surface area contributed by atoms with Crippen molar-refractivity contribution in [1.82, 2.24) is 0 Å². The Kier molecular flexibility index (Phi) is 3.08. The van der Waals surface area contributed by atoms with Crippen molar-refractivity contribution in [2.45, 2.75) is 51.6 Å². The first-order valence-electron chi connectivity index (χ1n) is 7.20. The first-order valence-corrected chi connectivity index (χ1v) is 7.20. The van der Waals surface area contributed by atoms with E-state index in [1.807, 2.05) is 13.0 Å². The Hall–Kier alpha value is -1.38. The molecule has 0 aromatic rings. The van der Waals surface area contributed by atoms with Crippen LogP contribution in [0.25, 0.3) is 0 Å². The molecule has 3 aliphatic rings. The van der Waals surface area contributed by atoms with Gasteiger partial charge in [0.1, 0.15) is 6.10 Å². The molecule has 0 N–H and O–H groups in total. The average molecular weight is 260 g/mol. The van der Waals surface area contributed by atoms with Crippen molar-refractivity contribution in [2.24, 2.45) is 11.3 Å². The predicted octanol–water partition coefficient (Wildman–Crippen LogP) is 2.95. The Balaban J connectivity index is 1.84. The summed E-state index contributed by atoms with van der Waals surface area (Å²) >= 11 is 0. The molecule has 3 atom stereocenters. The summed E-state index contributed by atoms with van der Waals surface area (Å²) in [5, 5.41) is 0. The minimum absolute atomic E-state index is 0.127. The molecule has 19 heavy (non-hydrogen) atoms. The molecule has 1 aliphatic heterocycles. The lowest BCUT2D eigenvalue weighted by Gasteiger charge is -2.44. The van der Waals surface area contributed by atoms with Gasteiger partial charge >= 0.3 is 5.97 Å². The number of fused-ring (bicyclic) bond motifs is 1. The van der Waals surface area contributed by atoms with Crippen molar-refractivity contribution in [2.75, 3.05) is 0 Å². The van der Waals surface area contributed by atoms with E-state index in [1.54, 1.807) is 0 Å². The van der Waals surface area contributed by atoms with E-state index in [2.05, 4.69) is 12.2 Å². The molecule has 0 amide bonds. The van der Waals surface area contributed by atoms with Gasteiger partial charge in [0.25, 0.3) is 0 Å². The number of hydrogen-bond acceptors (Lipinski definition) is 3. The lowest BCUT2D eigenvalue weighted by atomic mass is 9.65. The fourth-order valence-corrected chi connectivity index (χ4v) is 3.47. The Bertz CT molecular complexity index is 474. The van der Waals surface area contributed by atoms with Crippen LogP contribution in [0.5, 0.6) is 0 Å². The number of carbonyl (C=O) groups is 2. The van der Waals surface area contributed by atoms with E-state index in [9.17, 15) is 9.59 Å². The van der Waals surface area contributed by atoms with Gasteiger partial charge in [0.15, 0.2) is 5.78 Å². The van der Waals surface area contributed by atoms with Crippen molar-refractivity contribution >= 4 is 11.8 Å². The van der Waals surface area contributed by atoms with Gasteiger partial charge in [-0.1, -0.05) is 18.2 Å². The van der Waals surface area contributed by atoms with Gasteiger partial charge in [-0.05, 0) is 44.9 Å². The molecule has 3 rings (SSSR count). The lowest BCUT2D eigenvalue weighted by Crippen LogP contribution is -2.47. The molecule has 0 bridgehead atoms. The summed E-state index contributed by atoms with van der Waals surface area (Å²) in [5.41, 5.74) is 0.361. The van der Waals surface area contributed by atoms with Crippen LogP contribution in [0.3, 0.4) is 0 Å². The summed E-state index contributed by atoms with van der Waals surface area (Å²) in [6.07, 6.45) is 10.8. The van der Waals surface area contributed by atoms with E-state index < -0.39 is 0 Å². The Morgan fingerprint density at radius 3 is 2.95 bits per heavy atom. The smallest absolute Gasteiger partial charge is 0.313 e. The third kappa shape index (κ3) is 2.05. The van der Waals surface area contributed by atoms with E-state index in [-0.39, 0.29) is 23.3 Å². The van der Waals surface area contributed by atoms with Crippen molar-refractivity contribution < 1.29 is 14.3 Å². The number of cyclic esters (lactones) is 1. The Labute approximate surface area is 113 Å². The maximum atomic E-state index is 12.3. The molecule has 3 nitrogen and oxygen atoms in total. The zero-order chi connectivity index (χ0) is 13.5. The van der Waals surface area contributed by atoms with Gasteiger partial charge < -0.3 is 4.74 Å². The molecular weight excluding hydrogens is 240 g/mol. The van der Waals surface area contributed by atoms with Crippen molar-refractivity contribution in [3.63, 3.8) is 0 Å². The maximum absolute atomic E-state index is 12.3. The topological polar surface area (TPSA) is 43.4 Å². The summed E-state index contributed by atoms with van der Waals surface area (Å²) in [4.78, 5) is 24.3.